The molecule has 0 saturated carbocycles. The van der Waals surface area contributed by atoms with Crippen LogP contribution in [0.1, 0.15) is 19.4 Å². The van der Waals surface area contributed by atoms with Gasteiger partial charge in [0.1, 0.15) is 5.82 Å². The molecule has 2 N–H and O–H groups in total. The molecule has 3 nitrogen and oxygen atoms in total. The van der Waals surface area contributed by atoms with Crippen LogP contribution in [0, 0.1) is 5.92 Å². The Bertz CT molecular complexity index is 534. The van der Waals surface area contributed by atoms with Crippen LogP contribution in [-0.4, -0.2) is 18.6 Å². The van der Waals surface area contributed by atoms with Crippen molar-refractivity contribution in [3.63, 3.8) is 0 Å². The molecule has 96 valence electrons. The Balaban J connectivity index is 2.47. The number of hydrogen-bond acceptors (Lipinski definition) is 3. The third-order valence-corrected chi connectivity index (χ3v) is 3.00. The van der Waals surface area contributed by atoms with E-state index >= 15 is 0 Å². The van der Waals surface area contributed by atoms with E-state index in [4.69, 9.17) is 10.7 Å². The average molecular weight is 243 g/mol. The molecule has 0 aliphatic heterocycles. The van der Waals surface area contributed by atoms with Crippen LogP contribution < -0.4 is 10.6 Å². The highest BCUT2D eigenvalue weighted by atomic mass is 15.2. The standard InChI is InChI=1S/C15H21N3/c1-11(2)10-18(3)15-13(9-16)8-12-6-4-5-7-14(12)17-15/h4-8,11H,9-10,16H2,1-3H3. The van der Waals surface area contributed by atoms with Crippen LogP contribution >= 0.6 is 0 Å². The number of fused-ring (bicyclic) bond motifs is 1. The first-order valence-corrected chi connectivity index (χ1v) is 6.41. The van der Waals surface area contributed by atoms with Gasteiger partial charge in [-0.1, -0.05) is 32.0 Å². The molecular formula is C15H21N3. The maximum Gasteiger partial charge on any atom is 0.133 e. The summed E-state index contributed by atoms with van der Waals surface area (Å²) in [5, 5.41) is 1.15. The Morgan fingerprint density at radius 2 is 2.00 bits per heavy atom. The number of benzene rings is 1. The zero-order valence-electron chi connectivity index (χ0n) is 11.4. The fraction of sp³-hybridized carbons (Fsp3) is 0.400. The SMILES string of the molecule is CC(C)CN(C)c1nc2ccccc2cc1CN. The molecule has 3 heteroatoms. The molecule has 0 atom stereocenters. The van der Waals surface area contributed by atoms with E-state index in [0.717, 1.165) is 28.8 Å². The fourth-order valence-corrected chi connectivity index (χ4v) is 2.26. The largest absolute Gasteiger partial charge is 0.359 e. The van der Waals surface area contributed by atoms with Gasteiger partial charge >= 0.3 is 0 Å². The first kappa shape index (κ1) is 12.8. The van der Waals surface area contributed by atoms with Gasteiger partial charge in [0.2, 0.25) is 0 Å². The van der Waals surface area contributed by atoms with Gasteiger partial charge in [0.05, 0.1) is 5.52 Å². The van der Waals surface area contributed by atoms with E-state index in [1.54, 1.807) is 0 Å². The summed E-state index contributed by atoms with van der Waals surface area (Å²) in [6.45, 7) is 5.92. The summed E-state index contributed by atoms with van der Waals surface area (Å²) in [5.41, 5.74) is 7.98. The highest BCUT2D eigenvalue weighted by molar-refractivity contribution is 5.81. The quantitative estimate of drug-likeness (QED) is 0.898. The Morgan fingerprint density at radius 3 is 2.67 bits per heavy atom. The lowest BCUT2D eigenvalue weighted by Gasteiger charge is -2.23. The van der Waals surface area contributed by atoms with Gasteiger partial charge in [-0.15, -0.1) is 0 Å². The van der Waals surface area contributed by atoms with Crippen LogP contribution in [0.25, 0.3) is 10.9 Å². The number of rotatable bonds is 4. The molecule has 2 aromatic rings. The Hall–Kier alpha value is -1.61. The molecule has 18 heavy (non-hydrogen) atoms. The first-order valence-electron chi connectivity index (χ1n) is 6.41. The summed E-state index contributed by atoms with van der Waals surface area (Å²) in [4.78, 5) is 6.94. The minimum atomic E-state index is 0.523. The molecule has 1 heterocycles. The van der Waals surface area contributed by atoms with Crippen molar-refractivity contribution in [1.29, 1.82) is 0 Å². The summed E-state index contributed by atoms with van der Waals surface area (Å²) in [6, 6.07) is 10.3. The molecule has 0 aliphatic rings. The number of hydrogen-bond donors (Lipinski definition) is 1. The average Bonchev–Trinajstić information content (AvgIpc) is 2.36. The maximum atomic E-state index is 5.84. The van der Waals surface area contributed by atoms with Crippen molar-refractivity contribution in [1.82, 2.24) is 4.98 Å². The van der Waals surface area contributed by atoms with Gasteiger partial charge in [0.15, 0.2) is 0 Å². The van der Waals surface area contributed by atoms with Gasteiger partial charge in [0.25, 0.3) is 0 Å². The fourth-order valence-electron chi connectivity index (χ4n) is 2.26. The van der Waals surface area contributed by atoms with Crippen LogP contribution in [0.4, 0.5) is 5.82 Å². The van der Waals surface area contributed by atoms with Gasteiger partial charge in [-0.25, -0.2) is 4.98 Å². The number of aromatic nitrogens is 1. The molecule has 0 aliphatic carbocycles. The van der Waals surface area contributed by atoms with Crippen LogP contribution in [0.2, 0.25) is 0 Å². The Kier molecular flexibility index (Phi) is 3.82. The molecule has 0 spiro atoms. The number of nitrogens with two attached hydrogens (primary N) is 1. The topological polar surface area (TPSA) is 42.2 Å². The normalized spacial score (nSPS) is 11.2. The summed E-state index contributed by atoms with van der Waals surface area (Å²) >= 11 is 0. The maximum absolute atomic E-state index is 5.84. The van der Waals surface area contributed by atoms with Crippen molar-refractivity contribution in [2.45, 2.75) is 20.4 Å². The number of para-hydroxylation sites is 1. The molecule has 0 radical (unpaired) electrons. The number of anilines is 1. The molecular weight excluding hydrogens is 222 g/mol. The monoisotopic (exact) mass is 243 g/mol. The summed E-state index contributed by atoms with van der Waals surface area (Å²) in [5.74, 6) is 1.61. The highest BCUT2D eigenvalue weighted by Crippen LogP contribution is 2.23. The van der Waals surface area contributed by atoms with E-state index < -0.39 is 0 Å². The van der Waals surface area contributed by atoms with E-state index in [0.29, 0.717) is 12.5 Å². The summed E-state index contributed by atoms with van der Waals surface area (Å²) < 4.78 is 0. The molecule has 0 bridgehead atoms. The van der Waals surface area contributed by atoms with E-state index in [9.17, 15) is 0 Å². The molecule has 0 saturated heterocycles. The lowest BCUT2D eigenvalue weighted by molar-refractivity contribution is 0.633. The molecule has 0 amide bonds. The first-order chi connectivity index (χ1) is 8.61. The van der Waals surface area contributed by atoms with Crippen LogP contribution in [0.3, 0.4) is 0 Å². The zero-order chi connectivity index (χ0) is 13.1. The Morgan fingerprint density at radius 1 is 1.28 bits per heavy atom. The number of nitrogens with zero attached hydrogens (tertiary/aromatic N) is 2. The Labute approximate surface area is 109 Å². The van der Waals surface area contributed by atoms with Gasteiger partial charge < -0.3 is 10.6 Å². The third kappa shape index (κ3) is 2.62. The number of pyridine rings is 1. The van der Waals surface area contributed by atoms with Gasteiger partial charge in [0, 0.05) is 31.1 Å². The van der Waals surface area contributed by atoms with Gasteiger partial charge in [-0.3, -0.25) is 0 Å². The lowest BCUT2D eigenvalue weighted by Crippen LogP contribution is -2.25. The second-order valence-electron chi connectivity index (χ2n) is 5.14. The van der Waals surface area contributed by atoms with E-state index in [2.05, 4.69) is 37.9 Å². The van der Waals surface area contributed by atoms with E-state index in [1.807, 2.05) is 18.2 Å². The van der Waals surface area contributed by atoms with Crippen molar-refractivity contribution in [2.24, 2.45) is 11.7 Å². The summed E-state index contributed by atoms with van der Waals surface area (Å²) in [6.07, 6.45) is 0. The molecule has 0 fully saturated rings. The zero-order valence-corrected chi connectivity index (χ0v) is 11.4. The molecule has 0 unspecified atom stereocenters. The van der Waals surface area contributed by atoms with Crippen molar-refractivity contribution in [2.75, 3.05) is 18.5 Å². The van der Waals surface area contributed by atoms with Crippen molar-refractivity contribution >= 4 is 16.7 Å². The smallest absolute Gasteiger partial charge is 0.133 e. The molecule has 2 rings (SSSR count). The van der Waals surface area contributed by atoms with Crippen LogP contribution in [-0.2, 0) is 6.54 Å². The predicted molar refractivity (Wildman–Crippen MR) is 77.7 cm³/mol. The molecule has 1 aromatic carbocycles. The minimum absolute atomic E-state index is 0.523. The minimum Gasteiger partial charge on any atom is -0.359 e. The van der Waals surface area contributed by atoms with Crippen LogP contribution in [0.15, 0.2) is 30.3 Å². The van der Waals surface area contributed by atoms with Gasteiger partial charge in [-0.2, -0.15) is 0 Å². The van der Waals surface area contributed by atoms with E-state index in [-0.39, 0.29) is 0 Å². The van der Waals surface area contributed by atoms with Crippen molar-refractivity contribution in [3.05, 3.63) is 35.9 Å². The van der Waals surface area contributed by atoms with Crippen molar-refractivity contribution < 1.29 is 0 Å². The van der Waals surface area contributed by atoms with E-state index in [1.165, 1.54) is 0 Å². The lowest BCUT2D eigenvalue weighted by atomic mass is 10.1. The predicted octanol–water partition coefficient (Wildman–Crippen LogP) is 2.79. The van der Waals surface area contributed by atoms with Crippen molar-refractivity contribution in [3.8, 4) is 0 Å². The van der Waals surface area contributed by atoms with Crippen LogP contribution in [0.5, 0.6) is 0 Å². The van der Waals surface area contributed by atoms with Gasteiger partial charge in [-0.05, 0) is 18.1 Å². The summed E-state index contributed by atoms with van der Waals surface area (Å²) in [7, 11) is 2.08. The second-order valence-corrected chi connectivity index (χ2v) is 5.14. The molecule has 1 aromatic heterocycles. The highest BCUT2D eigenvalue weighted by Gasteiger charge is 2.11. The second kappa shape index (κ2) is 5.36. The third-order valence-electron chi connectivity index (χ3n) is 3.00.